The molecule has 69 heavy (non-hydrogen) atoms. The minimum Gasteiger partial charge on any atom is -0.0622 e. The summed E-state index contributed by atoms with van der Waals surface area (Å²) in [5, 5.41) is 8.39. The molecular formula is C55H46F6NOP3RuS2-. The van der Waals surface area contributed by atoms with E-state index in [1.807, 2.05) is 50.5 Å². The number of benzene rings is 8. The van der Waals surface area contributed by atoms with Gasteiger partial charge in [0.1, 0.15) is 0 Å². The summed E-state index contributed by atoms with van der Waals surface area (Å²) < 4.78 is 70.1. The average molecular weight is 1110 g/mol. The van der Waals surface area contributed by atoms with Crippen molar-refractivity contribution in [1.29, 1.82) is 0 Å². The first-order valence-corrected chi connectivity index (χ1v) is 26.9. The molecule has 0 saturated heterocycles. The zero-order valence-corrected chi connectivity index (χ0v) is 43.3. The van der Waals surface area contributed by atoms with Crippen molar-refractivity contribution in [2.45, 2.75) is 0 Å². The van der Waals surface area contributed by atoms with Gasteiger partial charge < -0.3 is 29.7 Å². The van der Waals surface area contributed by atoms with Gasteiger partial charge in [-0.15, -0.1) is 0 Å². The van der Waals surface area contributed by atoms with E-state index in [9.17, 15) is 25.2 Å². The van der Waals surface area contributed by atoms with E-state index < -0.39 is 23.7 Å². The molecule has 8 aromatic rings. The summed E-state index contributed by atoms with van der Waals surface area (Å²) in [6.07, 6.45) is 0. The van der Waals surface area contributed by atoms with Gasteiger partial charge in [-0.3, -0.25) is 0 Å². The van der Waals surface area contributed by atoms with Crippen LogP contribution in [0, 0.1) is 6.65 Å². The summed E-state index contributed by atoms with van der Waals surface area (Å²) in [6.45, 7) is 4.50. The zero-order chi connectivity index (χ0) is 50.6. The van der Waals surface area contributed by atoms with Gasteiger partial charge in [0.2, 0.25) is 0 Å². The Bertz CT molecular complexity index is 2450. The Morgan fingerprint density at radius 3 is 0.754 bits per heavy atom. The molecule has 0 saturated carbocycles. The molecule has 355 valence electrons. The second-order valence-electron chi connectivity index (χ2n) is 14.1. The van der Waals surface area contributed by atoms with Crippen molar-refractivity contribution >= 4 is 94.5 Å². The van der Waals surface area contributed by atoms with Gasteiger partial charge in [-0.1, -0.05) is 186 Å². The minimum absolute atomic E-state index is 0.446. The Labute approximate surface area is 424 Å². The van der Waals surface area contributed by atoms with E-state index in [1.165, 1.54) is 31.8 Å². The SMILES string of the molecule is CN(C)C(=S)[S-].F[P-](F)(F)(F)(F)F.[C-]#[O+].[Ru+]=[C]=C=C(c1ccccc1)c1ccccc1.c1ccc(P(c2ccccc2)c2ccccc2)cc1.c1ccc(P(c2ccccc2)c2ccccc2)cc1. The Hall–Kier alpha value is -5.47. The van der Waals surface area contributed by atoms with E-state index in [4.69, 9.17) is 4.65 Å². The van der Waals surface area contributed by atoms with Crippen LogP contribution >= 0.6 is 35.9 Å². The predicted octanol–water partition coefficient (Wildman–Crippen LogP) is 13.8. The van der Waals surface area contributed by atoms with Crippen molar-refractivity contribution < 1.29 is 47.7 Å². The van der Waals surface area contributed by atoms with E-state index in [0.29, 0.717) is 4.32 Å². The van der Waals surface area contributed by atoms with Crippen molar-refractivity contribution in [2.75, 3.05) is 14.1 Å². The molecule has 0 N–H and O–H groups in total. The third kappa shape index (κ3) is 24.1. The maximum Gasteiger partial charge on any atom is -0.0134 e. The largest absolute Gasteiger partial charge is 0.0622 e. The monoisotopic (exact) mass is 1110 g/mol. The standard InChI is InChI=1S/2C18H15P.C15H10.C3H7NS2.CO.F6P.Ru/c2*1-4-10-16(11-5-1)19(17-12-6-2-7-13-17)18-14-8-3-9-15-18;1-2-15(13-9-5-3-6-10-13)14-11-7-4-8-12-14;1-4(2)3(5)6;1-2;1-7(2,3,4,5)6;/h2*1-15H;3-12H;1-2H3,(H,5,6);;;/q;;;;;-1;+1/p-1. The van der Waals surface area contributed by atoms with Gasteiger partial charge in [0, 0.05) is 14.1 Å². The molecule has 0 amide bonds. The van der Waals surface area contributed by atoms with Crippen LogP contribution < -0.4 is 31.8 Å². The van der Waals surface area contributed by atoms with Crippen molar-refractivity contribution in [3.8, 4) is 0 Å². The molecule has 8 rings (SSSR count). The smallest absolute Gasteiger partial charge is 0.0134 e. The summed E-state index contributed by atoms with van der Waals surface area (Å²) in [6, 6.07) is 85.1. The van der Waals surface area contributed by atoms with Gasteiger partial charge in [0.25, 0.3) is 0 Å². The molecule has 0 aliphatic rings. The molecule has 8 aromatic carbocycles. The van der Waals surface area contributed by atoms with Crippen molar-refractivity contribution in [2.24, 2.45) is 0 Å². The molecule has 0 aliphatic carbocycles. The quantitative estimate of drug-likeness (QED) is 0.0221. The fourth-order valence-electron chi connectivity index (χ4n) is 5.92. The fourth-order valence-corrected chi connectivity index (χ4v) is 10.7. The average Bonchev–Trinajstić information content (AvgIpc) is 3.36. The van der Waals surface area contributed by atoms with E-state index >= 15 is 0 Å². The van der Waals surface area contributed by atoms with E-state index in [2.05, 4.69) is 266 Å². The molecule has 0 aliphatic heterocycles. The third-order valence-corrected chi connectivity index (χ3v) is 14.6. The van der Waals surface area contributed by atoms with Gasteiger partial charge in [0.15, 0.2) is 0 Å². The summed E-state index contributed by atoms with van der Waals surface area (Å²) in [7, 11) is -7.89. The van der Waals surface area contributed by atoms with Crippen LogP contribution in [-0.4, -0.2) is 27.6 Å². The topological polar surface area (TPSA) is 23.1 Å². The number of nitrogens with zero attached hydrogens (tertiary/aromatic N) is 1. The van der Waals surface area contributed by atoms with E-state index in [-0.39, 0.29) is 0 Å². The molecule has 14 heteroatoms. The van der Waals surface area contributed by atoms with Crippen LogP contribution in [0.15, 0.2) is 248 Å². The molecule has 2 nitrogen and oxygen atoms in total. The summed E-state index contributed by atoms with van der Waals surface area (Å²) >= 11 is 11.5. The van der Waals surface area contributed by atoms with Crippen molar-refractivity contribution in [1.82, 2.24) is 4.90 Å². The van der Waals surface area contributed by atoms with Gasteiger partial charge in [-0.2, -0.15) is 0 Å². The number of hydrogen-bond acceptors (Lipinski definition) is 2. The van der Waals surface area contributed by atoms with Crippen molar-refractivity contribution in [3.05, 3.63) is 266 Å². The molecule has 0 aromatic heterocycles. The maximum absolute atomic E-state index is 10.7. The molecule has 0 radical (unpaired) electrons. The van der Waals surface area contributed by atoms with Crippen LogP contribution in [0.2, 0.25) is 0 Å². The molecule has 0 bridgehead atoms. The van der Waals surface area contributed by atoms with Crippen LogP contribution in [-0.2, 0) is 35.1 Å². The minimum atomic E-state index is -10.7. The molecule has 0 unspecified atom stereocenters. The zero-order valence-electron chi connectivity index (χ0n) is 37.2. The second kappa shape index (κ2) is 28.9. The second-order valence-corrected chi connectivity index (χ2v) is 21.9. The van der Waals surface area contributed by atoms with Gasteiger partial charge in [0.05, 0.1) is 0 Å². The maximum atomic E-state index is 9.87. The third-order valence-electron chi connectivity index (χ3n) is 8.75. The Balaban J connectivity index is 0.000000240. The predicted molar refractivity (Wildman–Crippen MR) is 285 cm³/mol. The van der Waals surface area contributed by atoms with Gasteiger partial charge in [-0.05, 0) is 47.7 Å². The van der Waals surface area contributed by atoms with E-state index in [0.717, 1.165) is 16.7 Å². The number of halogens is 6. The first-order chi connectivity index (χ1) is 32.9. The van der Waals surface area contributed by atoms with Crippen LogP contribution in [0.25, 0.3) is 5.57 Å². The molecule has 0 fully saturated rings. The normalized spacial score (nSPS) is 11.0. The van der Waals surface area contributed by atoms with Gasteiger partial charge >= 0.3 is 150 Å². The summed E-state index contributed by atoms with van der Waals surface area (Å²) in [4.78, 5) is 1.71. The number of hydrogen-bond donors (Lipinski definition) is 0. The number of thiocarbonyl (C=S) groups is 1. The van der Waals surface area contributed by atoms with Crippen molar-refractivity contribution in [3.63, 3.8) is 0 Å². The van der Waals surface area contributed by atoms with Crippen LogP contribution in [0.4, 0.5) is 25.2 Å². The molecule has 0 spiro atoms. The summed E-state index contributed by atoms with van der Waals surface area (Å²) in [5.41, 5.74) is 6.54. The van der Waals surface area contributed by atoms with Crippen LogP contribution in [0.1, 0.15) is 11.1 Å². The van der Waals surface area contributed by atoms with Gasteiger partial charge in [-0.25, -0.2) is 0 Å². The summed E-state index contributed by atoms with van der Waals surface area (Å²) in [5.74, 6) is 0. The Kier molecular flexibility index (Phi) is 24.2. The first-order valence-electron chi connectivity index (χ1n) is 20.5. The Morgan fingerprint density at radius 2 is 0.609 bits per heavy atom. The number of rotatable bonds is 8. The Morgan fingerprint density at radius 1 is 0.449 bits per heavy atom. The molecular weight excluding hydrogens is 1060 g/mol. The van der Waals surface area contributed by atoms with Crippen LogP contribution in [0.5, 0.6) is 0 Å². The van der Waals surface area contributed by atoms with E-state index in [1.54, 1.807) is 4.90 Å². The fraction of sp³-hybridized carbons (Fsp3) is 0.0364. The molecule has 0 heterocycles. The van der Waals surface area contributed by atoms with Crippen LogP contribution in [0.3, 0.4) is 0 Å². The molecule has 0 atom stereocenters. The first kappa shape index (κ1) is 57.8.